The lowest BCUT2D eigenvalue weighted by Crippen LogP contribution is -2.51. The minimum atomic E-state index is -0.926. The summed E-state index contributed by atoms with van der Waals surface area (Å²) in [4.78, 5) is 24.0. The predicted octanol–water partition coefficient (Wildman–Crippen LogP) is 1.25. The largest absolute Gasteiger partial charge is 0.458 e. The Kier molecular flexibility index (Phi) is 6.42. The van der Waals surface area contributed by atoms with Crippen molar-refractivity contribution in [3.05, 3.63) is 0 Å². The third-order valence-electron chi connectivity index (χ3n) is 2.94. The van der Waals surface area contributed by atoms with Crippen LogP contribution in [0.25, 0.3) is 0 Å². The molecule has 1 N–H and O–H groups in total. The van der Waals surface area contributed by atoms with Crippen LogP contribution in [-0.2, 0) is 23.7 Å². The topological polar surface area (TPSA) is 83.1 Å². The Morgan fingerprint density at radius 1 is 1.33 bits per heavy atom. The lowest BCUT2D eigenvalue weighted by molar-refractivity contribution is -0.155. The molecule has 0 spiro atoms. The van der Waals surface area contributed by atoms with Crippen LogP contribution in [0.3, 0.4) is 0 Å². The molecule has 1 saturated heterocycles. The Morgan fingerprint density at radius 3 is 2.48 bits per heavy atom. The zero-order valence-corrected chi connectivity index (χ0v) is 13.3. The second-order valence-corrected chi connectivity index (χ2v) is 5.99. The quantitative estimate of drug-likeness (QED) is 0.770. The molecule has 0 bridgehead atoms. The first-order valence-corrected chi connectivity index (χ1v) is 7.03. The van der Waals surface area contributed by atoms with Gasteiger partial charge in [-0.05, 0) is 27.7 Å². The SMILES string of the molecule is CO[C@H](C)[C@H](NC(=O)OC(C)(C)C)C(=O)OC1CCOC1. The Balaban J connectivity index is 2.61. The van der Waals surface area contributed by atoms with E-state index >= 15 is 0 Å². The average Bonchev–Trinajstić information content (AvgIpc) is 2.85. The number of methoxy groups -OCH3 is 1. The highest BCUT2D eigenvalue weighted by Gasteiger charge is 2.32. The fraction of sp³-hybridized carbons (Fsp3) is 0.857. The molecule has 1 rings (SSSR count). The minimum absolute atomic E-state index is 0.274. The van der Waals surface area contributed by atoms with Gasteiger partial charge in [0.15, 0.2) is 6.04 Å². The molecule has 7 nitrogen and oxygen atoms in total. The molecule has 122 valence electrons. The van der Waals surface area contributed by atoms with Crippen molar-refractivity contribution < 1.29 is 28.5 Å². The summed E-state index contributed by atoms with van der Waals surface area (Å²) in [6, 6.07) is -0.926. The van der Waals surface area contributed by atoms with Crippen LogP contribution in [0.15, 0.2) is 0 Å². The van der Waals surface area contributed by atoms with Gasteiger partial charge in [-0.3, -0.25) is 0 Å². The van der Waals surface area contributed by atoms with E-state index in [1.54, 1.807) is 27.7 Å². The van der Waals surface area contributed by atoms with Gasteiger partial charge < -0.3 is 24.3 Å². The van der Waals surface area contributed by atoms with E-state index in [0.717, 1.165) is 0 Å². The summed E-state index contributed by atoms with van der Waals surface area (Å²) < 4.78 is 20.7. The standard InChI is InChI=1S/C14H25NO6/c1-9(18-5)11(15-13(17)21-14(2,3)4)12(16)20-10-6-7-19-8-10/h9-11H,6-8H2,1-5H3,(H,15,17)/t9-,10?,11+/m1/s1. The highest BCUT2D eigenvalue weighted by atomic mass is 16.6. The van der Waals surface area contributed by atoms with E-state index in [2.05, 4.69) is 5.32 Å². The van der Waals surface area contributed by atoms with E-state index in [9.17, 15) is 9.59 Å². The summed E-state index contributed by atoms with van der Waals surface area (Å²) in [6.45, 7) is 7.86. The fourth-order valence-corrected chi connectivity index (χ4v) is 1.78. The average molecular weight is 303 g/mol. The van der Waals surface area contributed by atoms with Crippen molar-refractivity contribution in [2.75, 3.05) is 20.3 Å². The highest BCUT2D eigenvalue weighted by Crippen LogP contribution is 2.12. The number of rotatable bonds is 5. The summed E-state index contributed by atoms with van der Waals surface area (Å²) in [6.07, 6.45) is -0.834. The molecule has 0 saturated carbocycles. The van der Waals surface area contributed by atoms with Crippen LogP contribution >= 0.6 is 0 Å². The van der Waals surface area contributed by atoms with Crippen molar-refractivity contribution in [1.82, 2.24) is 5.32 Å². The Morgan fingerprint density at radius 2 is 2.00 bits per heavy atom. The molecule has 21 heavy (non-hydrogen) atoms. The molecule has 0 radical (unpaired) electrons. The van der Waals surface area contributed by atoms with Crippen molar-refractivity contribution in [2.24, 2.45) is 0 Å². The summed E-state index contributed by atoms with van der Waals surface area (Å²) in [5.74, 6) is -0.550. The number of hydrogen-bond acceptors (Lipinski definition) is 6. The molecular weight excluding hydrogens is 278 g/mol. The maximum Gasteiger partial charge on any atom is 0.408 e. The molecule has 7 heteroatoms. The predicted molar refractivity (Wildman–Crippen MR) is 74.9 cm³/mol. The number of nitrogens with one attached hydrogen (secondary N) is 1. The number of hydrogen-bond donors (Lipinski definition) is 1. The molecule has 3 atom stereocenters. The van der Waals surface area contributed by atoms with Crippen molar-refractivity contribution in [3.8, 4) is 0 Å². The van der Waals surface area contributed by atoms with Crippen molar-refractivity contribution >= 4 is 12.1 Å². The van der Waals surface area contributed by atoms with E-state index in [1.807, 2.05) is 0 Å². The van der Waals surface area contributed by atoms with E-state index in [-0.39, 0.29) is 6.10 Å². The molecular formula is C14H25NO6. The van der Waals surface area contributed by atoms with Gasteiger partial charge in [0, 0.05) is 13.5 Å². The first kappa shape index (κ1) is 17.7. The van der Waals surface area contributed by atoms with Crippen molar-refractivity contribution in [3.63, 3.8) is 0 Å². The fourth-order valence-electron chi connectivity index (χ4n) is 1.78. The molecule has 0 aliphatic carbocycles. The molecule has 1 aliphatic rings. The molecule has 1 heterocycles. The Labute approximate surface area is 125 Å². The molecule has 1 amide bonds. The Hall–Kier alpha value is -1.34. The zero-order valence-electron chi connectivity index (χ0n) is 13.3. The van der Waals surface area contributed by atoms with Gasteiger partial charge in [-0.25, -0.2) is 9.59 Å². The number of carbonyl (C=O) groups is 2. The first-order valence-electron chi connectivity index (χ1n) is 7.03. The second-order valence-electron chi connectivity index (χ2n) is 5.99. The van der Waals surface area contributed by atoms with Crippen LogP contribution in [0.1, 0.15) is 34.1 Å². The number of alkyl carbamates (subject to hydrolysis) is 1. The normalized spacial score (nSPS) is 21.5. The molecule has 1 aliphatic heterocycles. The van der Waals surface area contributed by atoms with Gasteiger partial charge in [-0.1, -0.05) is 0 Å². The highest BCUT2D eigenvalue weighted by molar-refractivity contribution is 5.82. The lowest BCUT2D eigenvalue weighted by Gasteiger charge is -2.26. The van der Waals surface area contributed by atoms with Gasteiger partial charge in [0.25, 0.3) is 0 Å². The van der Waals surface area contributed by atoms with E-state index in [0.29, 0.717) is 19.6 Å². The van der Waals surface area contributed by atoms with Crippen LogP contribution in [0.4, 0.5) is 4.79 Å². The number of ether oxygens (including phenoxy) is 4. The van der Waals surface area contributed by atoms with Crippen LogP contribution < -0.4 is 5.32 Å². The van der Waals surface area contributed by atoms with Crippen LogP contribution in [0, 0.1) is 0 Å². The molecule has 0 aromatic heterocycles. The second kappa shape index (κ2) is 7.61. The number of amides is 1. The Bertz CT molecular complexity index is 359. The summed E-state index contributed by atoms with van der Waals surface area (Å²) in [5, 5.41) is 2.50. The van der Waals surface area contributed by atoms with Gasteiger partial charge in [-0.15, -0.1) is 0 Å². The van der Waals surface area contributed by atoms with Gasteiger partial charge in [0.05, 0.1) is 19.3 Å². The first-order chi connectivity index (χ1) is 9.73. The molecule has 0 aromatic rings. The van der Waals surface area contributed by atoms with E-state index < -0.39 is 29.8 Å². The monoisotopic (exact) mass is 303 g/mol. The maximum absolute atomic E-state index is 12.2. The number of esters is 1. The van der Waals surface area contributed by atoms with Crippen molar-refractivity contribution in [2.45, 2.75) is 58.0 Å². The third kappa shape index (κ3) is 6.31. The van der Waals surface area contributed by atoms with Crippen LogP contribution in [0.5, 0.6) is 0 Å². The smallest absolute Gasteiger partial charge is 0.408 e. The molecule has 1 fully saturated rings. The molecule has 0 aromatic carbocycles. The van der Waals surface area contributed by atoms with Crippen molar-refractivity contribution in [1.29, 1.82) is 0 Å². The summed E-state index contributed by atoms with van der Waals surface area (Å²) in [7, 11) is 1.46. The van der Waals surface area contributed by atoms with Gasteiger partial charge in [0.2, 0.25) is 0 Å². The summed E-state index contributed by atoms with van der Waals surface area (Å²) >= 11 is 0. The number of carbonyl (C=O) groups excluding carboxylic acids is 2. The van der Waals surface area contributed by atoms with E-state index in [4.69, 9.17) is 18.9 Å². The van der Waals surface area contributed by atoms with Gasteiger partial charge >= 0.3 is 12.1 Å². The lowest BCUT2D eigenvalue weighted by atomic mass is 10.2. The van der Waals surface area contributed by atoms with Crippen LogP contribution in [0.2, 0.25) is 0 Å². The minimum Gasteiger partial charge on any atom is -0.458 e. The molecule has 1 unspecified atom stereocenters. The van der Waals surface area contributed by atoms with E-state index in [1.165, 1.54) is 7.11 Å². The van der Waals surface area contributed by atoms with Crippen LogP contribution in [-0.4, -0.2) is 56.2 Å². The van der Waals surface area contributed by atoms with Gasteiger partial charge in [-0.2, -0.15) is 0 Å². The zero-order chi connectivity index (χ0) is 16.0. The maximum atomic E-state index is 12.2. The third-order valence-corrected chi connectivity index (χ3v) is 2.94. The van der Waals surface area contributed by atoms with Gasteiger partial charge in [0.1, 0.15) is 11.7 Å². The summed E-state index contributed by atoms with van der Waals surface area (Å²) in [5.41, 5.74) is -0.645.